The Morgan fingerprint density at radius 2 is 2.38 bits per heavy atom. The molecule has 1 rings (SSSR count). The highest BCUT2D eigenvalue weighted by atomic mass is 35.5. The average molecular weight is 215 g/mol. The summed E-state index contributed by atoms with van der Waals surface area (Å²) in [6.45, 7) is 0.0841. The van der Waals surface area contributed by atoms with E-state index in [-0.39, 0.29) is 6.61 Å². The van der Waals surface area contributed by atoms with Gasteiger partial charge in [-0.25, -0.2) is 4.98 Å². The van der Waals surface area contributed by atoms with Gasteiger partial charge in [0.2, 0.25) is 0 Å². The van der Waals surface area contributed by atoms with Crippen molar-refractivity contribution in [2.75, 3.05) is 12.4 Å². The quantitative estimate of drug-likeness (QED) is 0.615. The minimum absolute atomic E-state index is 0.0841. The Labute approximate surface area is 85.4 Å². The summed E-state index contributed by atoms with van der Waals surface area (Å²) in [5.41, 5.74) is 0.487. The van der Waals surface area contributed by atoms with Crippen LogP contribution in [0.25, 0.3) is 0 Å². The van der Waals surface area contributed by atoms with E-state index >= 15 is 0 Å². The van der Waals surface area contributed by atoms with Crippen molar-refractivity contribution in [2.45, 2.75) is 5.03 Å². The van der Waals surface area contributed by atoms with Crippen LogP contribution in [0.1, 0.15) is 5.56 Å². The molecule has 0 saturated carbocycles. The van der Waals surface area contributed by atoms with E-state index < -0.39 is 0 Å². The topological polar surface area (TPSA) is 56.9 Å². The Kier molecular flexibility index (Phi) is 4.03. The van der Waals surface area contributed by atoms with E-state index in [1.54, 1.807) is 6.07 Å². The molecule has 0 fully saturated rings. The lowest BCUT2D eigenvalue weighted by Crippen LogP contribution is -1.89. The van der Waals surface area contributed by atoms with E-state index in [4.69, 9.17) is 22.0 Å². The second-order valence-electron chi connectivity index (χ2n) is 2.20. The van der Waals surface area contributed by atoms with Gasteiger partial charge in [0, 0.05) is 5.75 Å². The van der Waals surface area contributed by atoms with Crippen molar-refractivity contribution in [1.29, 1.82) is 5.26 Å². The van der Waals surface area contributed by atoms with E-state index in [1.165, 1.54) is 17.8 Å². The van der Waals surface area contributed by atoms with Crippen LogP contribution in [0.3, 0.4) is 0 Å². The van der Waals surface area contributed by atoms with Gasteiger partial charge >= 0.3 is 0 Å². The van der Waals surface area contributed by atoms with Gasteiger partial charge in [0.1, 0.15) is 5.15 Å². The zero-order valence-electron chi connectivity index (χ0n) is 6.70. The molecule has 0 aliphatic rings. The van der Waals surface area contributed by atoms with Crippen LogP contribution in [0.2, 0.25) is 5.15 Å². The summed E-state index contributed by atoms with van der Waals surface area (Å²) < 4.78 is 0. The Hall–Kier alpha value is -0.760. The fourth-order valence-electron chi connectivity index (χ4n) is 0.762. The first kappa shape index (κ1) is 10.3. The number of hydrogen-bond acceptors (Lipinski definition) is 4. The predicted molar refractivity (Wildman–Crippen MR) is 51.8 cm³/mol. The maximum absolute atomic E-state index is 8.62. The largest absolute Gasteiger partial charge is 0.396 e. The second-order valence-corrected chi connectivity index (χ2v) is 3.70. The summed E-state index contributed by atoms with van der Waals surface area (Å²) in [5.74, 6) is 0.554. The molecule has 0 saturated heterocycles. The number of aliphatic hydroxyl groups excluding tert-OH is 1. The lowest BCUT2D eigenvalue weighted by atomic mass is 10.3. The van der Waals surface area contributed by atoms with Crippen molar-refractivity contribution in [3.63, 3.8) is 0 Å². The molecule has 3 nitrogen and oxygen atoms in total. The normalized spacial score (nSPS) is 9.62. The van der Waals surface area contributed by atoms with Crippen LogP contribution in [0, 0.1) is 11.3 Å². The number of thioether (sulfide) groups is 1. The smallest absolute Gasteiger partial charge is 0.131 e. The molecular weight excluding hydrogens is 208 g/mol. The van der Waals surface area contributed by atoms with E-state index in [2.05, 4.69) is 4.98 Å². The Balaban J connectivity index is 2.83. The monoisotopic (exact) mass is 214 g/mol. The van der Waals surface area contributed by atoms with Crippen LogP contribution >= 0.6 is 23.4 Å². The molecule has 1 heterocycles. The highest BCUT2D eigenvalue weighted by molar-refractivity contribution is 7.99. The summed E-state index contributed by atoms with van der Waals surface area (Å²) >= 11 is 7.04. The summed E-state index contributed by atoms with van der Waals surface area (Å²) in [4.78, 5) is 3.99. The number of hydrogen-bond donors (Lipinski definition) is 1. The van der Waals surface area contributed by atoms with Crippen LogP contribution < -0.4 is 0 Å². The standard InChI is InChI=1S/C8H7ClN2OS/c9-7-3-6(5-10)4-8(11-7)13-2-1-12/h3-4,12H,1-2H2. The molecule has 0 amide bonds. The first-order valence-corrected chi connectivity index (χ1v) is 4.94. The van der Waals surface area contributed by atoms with Gasteiger partial charge in [0.25, 0.3) is 0 Å². The average Bonchev–Trinajstić information content (AvgIpc) is 2.14. The number of halogens is 1. The summed E-state index contributed by atoms with van der Waals surface area (Å²) in [5, 5.41) is 18.2. The van der Waals surface area contributed by atoms with E-state index in [9.17, 15) is 0 Å². The Morgan fingerprint density at radius 1 is 1.62 bits per heavy atom. The van der Waals surface area contributed by atoms with Crippen molar-refractivity contribution in [2.24, 2.45) is 0 Å². The van der Waals surface area contributed by atoms with Crippen molar-refractivity contribution in [3.05, 3.63) is 22.8 Å². The van der Waals surface area contributed by atoms with Crippen LogP contribution in [0.4, 0.5) is 0 Å². The SMILES string of the molecule is N#Cc1cc(Cl)nc(SCCO)c1. The number of aromatic nitrogens is 1. The van der Waals surface area contributed by atoms with Crippen LogP contribution in [0.5, 0.6) is 0 Å². The Bertz CT molecular complexity index is 337. The van der Waals surface area contributed by atoms with Gasteiger partial charge in [0.15, 0.2) is 0 Å². The molecule has 0 bridgehead atoms. The van der Waals surface area contributed by atoms with E-state index in [0.717, 1.165) is 0 Å². The number of aliphatic hydroxyl groups is 1. The molecule has 0 aliphatic heterocycles. The number of rotatable bonds is 3. The van der Waals surface area contributed by atoms with Crippen molar-refractivity contribution in [3.8, 4) is 6.07 Å². The first-order valence-electron chi connectivity index (χ1n) is 3.57. The highest BCUT2D eigenvalue weighted by Crippen LogP contribution is 2.19. The summed E-state index contributed by atoms with van der Waals surface area (Å²) in [7, 11) is 0. The molecule has 5 heteroatoms. The fraction of sp³-hybridized carbons (Fsp3) is 0.250. The fourth-order valence-corrected chi connectivity index (χ4v) is 1.69. The number of nitrogens with zero attached hydrogens (tertiary/aromatic N) is 2. The van der Waals surface area contributed by atoms with Crippen molar-refractivity contribution < 1.29 is 5.11 Å². The minimum Gasteiger partial charge on any atom is -0.396 e. The van der Waals surface area contributed by atoms with Crippen molar-refractivity contribution in [1.82, 2.24) is 4.98 Å². The third-order valence-corrected chi connectivity index (χ3v) is 2.33. The van der Waals surface area contributed by atoms with Crippen molar-refractivity contribution >= 4 is 23.4 Å². The highest BCUT2D eigenvalue weighted by Gasteiger charge is 2.00. The van der Waals surface area contributed by atoms with Crippen LogP contribution in [-0.2, 0) is 0 Å². The van der Waals surface area contributed by atoms with Gasteiger partial charge in [-0.05, 0) is 12.1 Å². The lowest BCUT2D eigenvalue weighted by molar-refractivity contribution is 0.322. The van der Waals surface area contributed by atoms with E-state index in [1.807, 2.05) is 6.07 Å². The second kappa shape index (κ2) is 5.07. The molecule has 0 spiro atoms. The van der Waals surface area contributed by atoms with Gasteiger partial charge in [-0.1, -0.05) is 11.6 Å². The molecule has 0 radical (unpaired) electrons. The van der Waals surface area contributed by atoms with Crippen LogP contribution in [0.15, 0.2) is 17.2 Å². The molecule has 13 heavy (non-hydrogen) atoms. The molecule has 1 aromatic rings. The Morgan fingerprint density at radius 3 is 3.00 bits per heavy atom. The molecule has 0 aliphatic carbocycles. The molecule has 0 unspecified atom stereocenters. The summed E-state index contributed by atoms with van der Waals surface area (Å²) in [6, 6.07) is 5.13. The molecule has 0 atom stereocenters. The van der Waals surface area contributed by atoms with Gasteiger partial charge in [-0.15, -0.1) is 11.8 Å². The third kappa shape index (κ3) is 3.23. The predicted octanol–water partition coefficient (Wildman–Crippen LogP) is 1.69. The minimum atomic E-state index is 0.0841. The maximum atomic E-state index is 8.62. The third-order valence-electron chi connectivity index (χ3n) is 1.24. The van der Waals surface area contributed by atoms with E-state index in [0.29, 0.717) is 21.5 Å². The number of nitriles is 1. The van der Waals surface area contributed by atoms with Gasteiger partial charge in [-0.2, -0.15) is 5.26 Å². The molecule has 0 aromatic carbocycles. The van der Waals surface area contributed by atoms with Crippen LogP contribution in [-0.4, -0.2) is 22.5 Å². The molecule has 1 aromatic heterocycles. The first-order chi connectivity index (χ1) is 6.26. The zero-order chi connectivity index (χ0) is 9.68. The van der Waals surface area contributed by atoms with Gasteiger partial charge in [-0.3, -0.25) is 0 Å². The lowest BCUT2D eigenvalue weighted by Gasteiger charge is -1.99. The van der Waals surface area contributed by atoms with Gasteiger partial charge < -0.3 is 5.11 Å². The molecular formula is C8H7ClN2OS. The summed E-state index contributed by atoms with van der Waals surface area (Å²) in [6.07, 6.45) is 0. The maximum Gasteiger partial charge on any atom is 0.131 e. The molecule has 1 N–H and O–H groups in total. The zero-order valence-corrected chi connectivity index (χ0v) is 8.27. The van der Waals surface area contributed by atoms with Gasteiger partial charge in [0.05, 0.1) is 23.3 Å². The molecule has 68 valence electrons. The number of pyridine rings is 1.